The van der Waals surface area contributed by atoms with Crippen LogP contribution >= 0.6 is 0 Å². The number of benzene rings is 2. The molecule has 3 aromatic heterocycles. The van der Waals surface area contributed by atoms with E-state index in [9.17, 15) is 18.6 Å². The second kappa shape index (κ2) is 11.0. The molecule has 37 heavy (non-hydrogen) atoms. The predicted molar refractivity (Wildman–Crippen MR) is 139 cm³/mol. The number of nitrogens with zero attached hydrogens (tertiary/aromatic N) is 5. The highest BCUT2D eigenvalue weighted by atomic mass is 19.4. The summed E-state index contributed by atoms with van der Waals surface area (Å²) in [6.45, 7) is 2.78. The number of ether oxygens (including phenoxy) is 1. The maximum absolute atomic E-state index is 13.2. The quantitative estimate of drug-likeness (QED) is 0.264. The number of hydrogen-bond acceptors (Lipinski definition) is 6. The van der Waals surface area contributed by atoms with Gasteiger partial charge >= 0.3 is 5.69 Å². The Morgan fingerprint density at radius 3 is 2.46 bits per heavy atom. The van der Waals surface area contributed by atoms with E-state index in [1.165, 1.54) is 27.3 Å². The summed E-state index contributed by atoms with van der Waals surface area (Å²) in [4.78, 5) is 32.4. The molecule has 0 spiro atoms. The van der Waals surface area contributed by atoms with E-state index in [4.69, 9.17) is 0 Å². The number of amides is 1. The van der Waals surface area contributed by atoms with E-state index in [2.05, 4.69) is 20.0 Å². The first kappa shape index (κ1) is 25.5. The summed E-state index contributed by atoms with van der Waals surface area (Å²) in [7, 11) is 3.29. The summed E-state index contributed by atoms with van der Waals surface area (Å²) in [6, 6.07) is 14.6. The van der Waals surface area contributed by atoms with Gasteiger partial charge in [-0.25, -0.2) is 9.78 Å². The zero-order valence-electron chi connectivity index (χ0n) is 20.4. The highest BCUT2D eigenvalue weighted by Crippen LogP contribution is 2.30. The number of carbonyl (C=O) groups is 1. The lowest BCUT2D eigenvalue weighted by molar-refractivity contribution is -0.105. The molecule has 0 fully saturated rings. The van der Waals surface area contributed by atoms with Crippen LogP contribution in [0.5, 0.6) is 0 Å². The SMILES string of the molecule is CCOC.Cn1c(=O)n(-c2cccc(N(F)F)c2)c2c3cc(-c4ccc(NC=O)nc4)ccc3ncc21. The maximum Gasteiger partial charge on any atom is 0.333 e. The minimum Gasteiger partial charge on any atom is -0.385 e. The largest absolute Gasteiger partial charge is 0.385 e. The number of anilines is 2. The van der Waals surface area contributed by atoms with Crippen LogP contribution < -0.4 is 16.4 Å². The lowest BCUT2D eigenvalue weighted by Gasteiger charge is -2.10. The first-order chi connectivity index (χ1) is 17.9. The molecule has 0 aliphatic carbocycles. The number of halogens is 2. The fraction of sp³-hybridized carbons (Fsp3) is 0.154. The van der Waals surface area contributed by atoms with E-state index in [1.807, 2.05) is 31.2 Å². The minimum absolute atomic E-state index is 0.312. The van der Waals surface area contributed by atoms with Crippen molar-refractivity contribution in [3.8, 4) is 16.8 Å². The van der Waals surface area contributed by atoms with Gasteiger partial charge in [-0.05, 0) is 60.3 Å². The van der Waals surface area contributed by atoms with Gasteiger partial charge in [-0.3, -0.25) is 18.9 Å². The molecule has 190 valence electrons. The van der Waals surface area contributed by atoms with Crippen molar-refractivity contribution in [2.24, 2.45) is 7.05 Å². The molecule has 0 radical (unpaired) electrons. The number of hydrogen-bond donors (Lipinski definition) is 1. The number of pyridine rings is 2. The standard InChI is InChI=1S/C23H16F2N6O2.C3H8O/c1-29-20-12-26-19-7-5-14(15-6-8-21(27-11-15)28-13-32)9-18(19)22(20)30(23(29)33)16-3-2-4-17(10-16)31(24)25;1-3-4-2/h2-13H,1H3,(H,27,28,32);3H2,1-2H3. The average molecular weight is 507 g/mol. The van der Waals surface area contributed by atoms with Crippen LogP contribution in [0, 0.1) is 0 Å². The number of carbonyl (C=O) groups excluding carboxylic acids is 1. The van der Waals surface area contributed by atoms with Gasteiger partial charge < -0.3 is 10.1 Å². The molecule has 0 saturated carbocycles. The second-order valence-corrected chi connectivity index (χ2v) is 7.93. The summed E-state index contributed by atoms with van der Waals surface area (Å²) >= 11 is 0. The van der Waals surface area contributed by atoms with Crippen LogP contribution in [0.15, 0.2) is 71.8 Å². The van der Waals surface area contributed by atoms with E-state index in [0.717, 1.165) is 17.7 Å². The van der Waals surface area contributed by atoms with Gasteiger partial charge in [0.25, 0.3) is 0 Å². The molecule has 0 atom stereocenters. The Morgan fingerprint density at radius 2 is 1.81 bits per heavy atom. The third-order valence-corrected chi connectivity index (χ3v) is 5.76. The topological polar surface area (TPSA) is 94.3 Å². The molecule has 0 aliphatic rings. The number of imidazole rings is 1. The Bertz CT molecular complexity index is 1610. The fourth-order valence-electron chi connectivity index (χ4n) is 3.86. The summed E-state index contributed by atoms with van der Waals surface area (Å²) in [5.74, 6) is 0.421. The minimum atomic E-state index is -0.992. The van der Waals surface area contributed by atoms with Gasteiger partial charge in [-0.2, -0.15) is 0 Å². The Balaban J connectivity index is 0.000000747. The van der Waals surface area contributed by atoms with Gasteiger partial charge in [-0.15, -0.1) is 0 Å². The van der Waals surface area contributed by atoms with Crippen molar-refractivity contribution in [1.29, 1.82) is 0 Å². The van der Waals surface area contributed by atoms with Crippen LogP contribution in [-0.4, -0.2) is 39.2 Å². The van der Waals surface area contributed by atoms with Crippen LogP contribution in [0.25, 0.3) is 38.8 Å². The van der Waals surface area contributed by atoms with Crippen LogP contribution in [0.4, 0.5) is 20.5 Å². The lowest BCUT2D eigenvalue weighted by atomic mass is 10.0. The number of rotatable bonds is 6. The maximum atomic E-state index is 13.2. The smallest absolute Gasteiger partial charge is 0.333 e. The summed E-state index contributed by atoms with van der Waals surface area (Å²) in [6.07, 6.45) is 3.77. The first-order valence-corrected chi connectivity index (χ1v) is 11.3. The van der Waals surface area contributed by atoms with Gasteiger partial charge in [0.1, 0.15) is 11.5 Å². The first-order valence-electron chi connectivity index (χ1n) is 11.3. The van der Waals surface area contributed by atoms with Gasteiger partial charge in [0.2, 0.25) is 6.41 Å². The normalized spacial score (nSPS) is 10.7. The van der Waals surface area contributed by atoms with Crippen molar-refractivity contribution in [2.75, 3.05) is 24.4 Å². The summed E-state index contributed by atoms with van der Waals surface area (Å²) in [5, 5.41) is 2.18. The third-order valence-electron chi connectivity index (χ3n) is 5.76. The van der Waals surface area contributed by atoms with Crippen molar-refractivity contribution in [3.63, 3.8) is 0 Å². The number of methoxy groups -OCH3 is 1. The number of aryl methyl sites for hydroxylation is 1. The van der Waals surface area contributed by atoms with Crippen molar-refractivity contribution in [3.05, 3.63) is 77.5 Å². The van der Waals surface area contributed by atoms with E-state index in [0.29, 0.717) is 39.9 Å². The van der Waals surface area contributed by atoms with Crippen molar-refractivity contribution in [2.45, 2.75) is 6.92 Å². The molecule has 5 aromatic rings. The Labute approximate surface area is 210 Å². The third kappa shape index (κ3) is 5.02. The molecule has 3 heterocycles. The molecule has 0 unspecified atom stereocenters. The Kier molecular flexibility index (Phi) is 7.54. The van der Waals surface area contributed by atoms with Gasteiger partial charge in [0.15, 0.2) is 0 Å². The van der Waals surface area contributed by atoms with Crippen LogP contribution in [0.2, 0.25) is 0 Å². The van der Waals surface area contributed by atoms with Crippen LogP contribution in [0.1, 0.15) is 6.92 Å². The number of aromatic nitrogens is 4. The number of fused-ring (bicyclic) bond motifs is 3. The van der Waals surface area contributed by atoms with Gasteiger partial charge in [-0.1, -0.05) is 21.1 Å². The van der Waals surface area contributed by atoms with Gasteiger partial charge in [0.05, 0.1) is 28.4 Å². The van der Waals surface area contributed by atoms with E-state index < -0.39 is 5.34 Å². The molecule has 11 heteroatoms. The molecular formula is C26H24F2N6O3. The van der Waals surface area contributed by atoms with Gasteiger partial charge in [0, 0.05) is 37.9 Å². The van der Waals surface area contributed by atoms with E-state index in [1.54, 1.807) is 38.7 Å². The zero-order valence-corrected chi connectivity index (χ0v) is 20.4. The molecule has 1 N–H and O–H groups in total. The summed E-state index contributed by atoms with van der Waals surface area (Å²) in [5.41, 5.74) is 2.99. The summed E-state index contributed by atoms with van der Waals surface area (Å²) < 4.78 is 33.7. The molecular weight excluding hydrogens is 482 g/mol. The average Bonchev–Trinajstić information content (AvgIpc) is 3.19. The monoisotopic (exact) mass is 506 g/mol. The Hall–Kier alpha value is -4.64. The zero-order chi connectivity index (χ0) is 26.5. The van der Waals surface area contributed by atoms with Crippen LogP contribution in [0.3, 0.4) is 0 Å². The van der Waals surface area contributed by atoms with Crippen molar-refractivity contribution < 1.29 is 18.5 Å². The highest BCUT2D eigenvalue weighted by molar-refractivity contribution is 6.04. The van der Waals surface area contributed by atoms with Crippen LogP contribution in [-0.2, 0) is 16.6 Å². The fourth-order valence-corrected chi connectivity index (χ4v) is 3.86. The second-order valence-electron chi connectivity index (χ2n) is 7.93. The molecule has 2 aromatic carbocycles. The molecule has 0 bridgehead atoms. The lowest BCUT2D eigenvalue weighted by Crippen LogP contribution is -2.21. The molecule has 5 rings (SSSR count). The van der Waals surface area contributed by atoms with Crippen molar-refractivity contribution in [1.82, 2.24) is 19.1 Å². The number of nitrogens with one attached hydrogen (secondary N) is 1. The van der Waals surface area contributed by atoms with E-state index >= 15 is 0 Å². The molecule has 0 aliphatic heterocycles. The predicted octanol–water partition coefficient (Wildman–Crippen LogP) is 4.74. The van der Waals surface area contributed by atoms with E-state index in [-0.39, 0.29) is 11.4 Å². The highest BCUT2D eigenvalue weighted by Gasteiger charge is 2.18. The molecule has 0 saturated heterocycles. The molecule has 9 nitrogen and oxygen atoms in total. The van der Waals surface area contributed by atoms with Crippen molar-refractivity contribution >= 4 is 39.9 Å². The Morgan fingerprint density at radius 1 is 1.05 bits per heavy atom. The molecule has 1 amide bonds.